The highest BCUT2D eigenvalue weighted by Gasteiger charge is 2.18. The molecule has 1 heterocycles. The van der Waals surface area contributed by atoms with E-state index >= 15 is 0 Å². The predicted molar refractivity (Wildman–Crippen MR) is 73.7 cm³/mol. The van der Waals surface area contributed by atoms with Crippen molar-refractivity contribution in [1.29, 1.82) is 0 Å². The van der Waals surface area contributed by atoms with Gasteiger partial charge in [0.25, 0.3) is 5.56 Å². The van der Waals surface area contributed by atoms with Crippen LogP contribution in [0.3, 0.4) is 0 Å². The Morgan fingerprint density at radius 2 is 1.95 bits per heavy atom. The Morgan fingerprint density at radius 3 is 2.55 bits per heavy atom. The van der Waals surface area contributed by atoms with Crippen LogP contribution in [-0.2, 0) is 4.74 Å². The second kappa shape index (κ2) is 6.16. The lowest BCUT2D eigenvalue weighted by molar-refractivity contribution is 0.0597. The minimum absolute atomic E-state index is 0.0515. The van der Waals surface area contributed by atoms with Crippen molar-refractivity contribution in [3.8, 4) is 0 Å². The number of carbonyl (C=O) groups excluding carboxylic acids is 1. The SMILES string of the molecule is COC(=O)c1cccn([C@@H](CO)c2ccccc2)c1=O. The Labute approximate surface area is 116 Å². The molecule has 0 aliphatic heterocycles. The third-order valence-corrected chi connectivity index (χ3v) is 3.07. The van der Waals surface area contributed by atoms with Crippen LogP contribution >= 0.6 is 0 Å². The number of pyridine rings is 1. The van der Waals surface area contributed by atoms with Crippen molar-refractivity contribution in [2.45, 2.75) is 6.04 Å². The largest absolute Gasteiger partial charge is 0.465 e. The van der Waals surface area contributed by atoms with Crippen molar-refractivity contribution in [3.05, 3.63) is 70.1 Å². The molecule has 104 valence electrons. The van der Waals surface area contributed by atoms with Gasteiger partial charge in [0.1, 0.15) is 5.56 Å². The third kappa shape index (κ3) is 2.62. The number of hydrogen-bond acceptors (Lipinski definition) is 4. The van der Waals surface area contributed by atoms with Gasteiger partial charge < -0.3 is 14.4 Å². The van der Waals surface area contributed by atoms with Crippen molar-refractivity contribution in [1.82, 2.24) is 4.57 Å². The van der Waals surface area contributed by atoms with Crippen LogP contribution in [0.25, 0.3) is 0 Å². The standard InChI is InChI=1S/C15H15NO4/c1-20-15(19)12-8-5-9-16(14(12)18)13(10-17)11-6-3-2-4-7-11/h2-9,13,17H,10H2,1H3/t13-/m0/s1. The molecule has 0 aliphatic rings. The quantitative estimate of drug-likeness (QED) is 0.850. The molecule has 2 aromatic rings. The maximum absolute atomic E-state index is 12.3. The highest BCUT2D eigenvalue weighted by atomic mass is 16.5. The number of hydrogen-bond donors (Lipinski definition) is 1. The molecule has 0 spiro atoms. The van der Waals surface area contributed by atoms with Crippen LogP contribution in [0.15, 0.2) is 53.5 Å². The lowest BCUT2D eigenvalue weighted by Crippen LogP contribution is -2.31. The molecule has 0 aliphatic carbocycles. The van der Waals surface area contributed by atoms with Gasteiger partial charge in [-0.3, -0.25) is 4.79 Å². The fraction of sp³-hybridized carbons (Fsp3) is 0.200. The molecule has 5 nitrogen and oxygen atoms in total. The zero-order valence-corrected chi connectivity index (χ0v) is 11.0. The smallest absolute Gasteiger partial charge is 0.343 e. The topological polar surface area (TPSA) is 68.5 Å². The van der Waals surface area contributed by atoms with Crippen LogP contribution in [0, 0.1) is 0 Å². The molecule has 0 saturated carbocycles. The van der Waals surface area contributed by atoms with Gasteiger partial charge in [-0.15, -0.1) is 0 Å². The number of nitrogens with zero attached hydrogens (tertiary/aromatic N) is 1. The molecule has 0 radical (unpaired) electrons. The van der Waals surface area contributed by atoms with E-state index in [0.29, 0.717) is 0 Å². The van der Waals surface area contributed by atoms with Gasteiger partial charge >= 0.3 is 5.97 Å². The van der Waals surface area contributed by atoms with E-state index in [4.69, 9.17) is 0 Å². The van der Waals surface area contributed by atoms with Crippen LogP contribution in [-0.4, -0.2) is 29.4 Å². The average molecular weight is 273 g/mol. The number of esters is 1. The molecule has 0 unspecified atom stereocenters. The number of carbonyl (C=O) groups is 1. The number of rotatable bonds is 4. The summed E-state index contributed by atoms with van der Waals surface area (Å²) in [6, 6.07) is 11.6. The van der Waals surface area contributed by atoms with Gasteiger partial charge in [-0.2, -0.15) is 0 Å². The highest BCUT2D eigenvalue weighted by molar-refractivity contribution is 5.88. The molecule has 1 aromatic carbocycles. The van der Waals surface area contributed by atoms with E-state index in [1.54, 1.807) is 12.3 Å². The van der Waals surface area contributed by atoms with Crippen molar-refractivity contribution >= 4 is 5.97 Å². The molecule has 0 saturated heterocycles. The summed E-state index contributed by atoms with van der Waals surface area (Å²) in [5, 5.41) is 9.57. The van der Waals surface area contributed by atoms with E-state index in [-0.39, 0.29) is 12.2 Å². The van der Waals surface area contributed by atoms with Crippen LogP contribution < -0.4 is 5.56 Å². The number of benzene rings is 1. The summed E-state index contributed by atoms with van der Waals surface area (Å²) >= 11 is 0. The molecule has 1 atom stereocenters. The number of aliphatic hydroxyl groups is 1. The van der Waals surface area contributed by atoms with Crippen molar-refractivity contribution in [2.24, 2.45) is 0 Å². The van der Waals surface area contributed by atoms with Gasteiger partial charge in [0.2, 0.25) is 0 Å². The first kappa shape index (κ1) is 14.0. The van der Waals surface area contributed by atoms with Gasteiger partial charge in [-0.1, -0.05) is 30.3 Å². The van der Waals surface area contributed by atoms with Gasteiger partial charge in [0.05, 0.1) is 19.8 Å². The van der Waals surface area contributed by atoms with Crippen molar-refractivity contribution < 1.29 is 14.6 Å². The van der Waals surface area contributed by atoms with Gasteiger partial charge in [-0.25, -0.2) is 4.79 Å². The van der Waals surface area contributed by atoms with E-state index in [2.05, 4.69) is 4.74 Å². The molecule has 20 heavy (non-hydrogen) atoms. The summed E-state index contributed by atoms with van der Waals surface area (Å²) in [7, 11) is 1.22. The Kier molecular flexibility index (Phi) is 4.32. The molecule has 1 N–H and O–H groups in total. The molecule has 0 bridgehead atoms. The molecular weight excluding hydrogens is 258 g/mol. The third-order valence-electron chi connectivity index (χ3n) is 3.07. The van der Waals surface area contributed by atoms with Crippen molar-refractivity contribution in [3.63, 3.8) is 0 Å². The Balaban J connectivity index is 2.52. The van der Waals surface area contributed by atoms with Gasteiger partial charge in [-0.05, 0) is 17.7 Å². The van der Waals surface area contributed by atoms with E-state index in [1.165, 1.54) is 17.7 Å². The summed E-state index contributed by atoms with van der Waals surface area (Å²) in [4.78, 5) is 23.8. The molecule has 2 rings (SSSR count). The Hall–Kier alpha value is -2.40. The van der Waals surface area contributed by atoms with Crippen LogP contribution in [0.5, 0.6) is 0 Å². The lowest BCUT2D eigenvalue weighted by atomic mass is 10.1. The van der Waals surface area contributed by atoms with Gasteiger partial charge in [0.15, 0.2) is 0 Å². The second-order valence-electron chi connectivity index (χ2n) is 4.23. The first-order chi connectivity index (χ1) is 9.69. The van der Waals surface area contributed by atoms with E-state index in [9.17, 15) is 14.7 Å². The maximum atomic E-state index is 12.3. The van der Waals surface area contributed by atoms with Crippen LogP contribution in [0.1, 0.15) is 22.0 Å². The van der Waals surface area contributed by atoms with E-state index in [0.717, 1.165) is 5.56 Å². The zero-order valence-electron chi connectivity index (χ0n) is 11.0. The van der Waals surface area contributed by atoms with Crippen LogP contribution in [0.2, 0.25) is 0 Å². The Morgan fingerprint density at radius 1 is 1.25 bits per heavy atom. The number of methoxy groups -OCH3 is 1. The second-order valence-corrected chi connectivity index (χ2v) is 4.23. The summed E-state index contributed by atoms with van der Waals surface area (Å²) < 4.78 is 5.91. The zero-order chi connectivity index (χ0) is 14.5. The fourth-order valence-electron chi connectivity index (χ4n) is 2.05. The van der Waals surface area contributed by atoms with Crippen LogP contribution in [0.4, 0.5) is 0 Å². The first-order valence-electron chi connectivity index (χ1n) is 6.14. The fourth-order valence-corrected chi connectivity index (χ4v) is 2.05. The molecule has 5 heteroatoms. The Bertz CT molecular complexity index is 648. The molecule has 0 fully saturated rings. The normalized spacial score (nSPS) is 11.9. The summed E-state index contributed by atoms with van der Waals surface area (Å²) in [6.07, 6.45) is 1.54. The minimum atomic E-state index is -0.686. The molecular formula is C15H15NO4. The molecule has 0 amide bonds. The predicted octanol–water partition coefficient (Wildman–Crippen LogP) is 1.22. The maximum Gasteiger partial charge on any atom is 0.343 e. The number of aliphatic hydroxyl groups excluding tert-OH is 1. The lowest BCUT2D eigenvalue weighted by Gasteiger charge is -2.18. The van der Waals surface area contributed by atoms with E-state index in [1.807, 2.05) is 30.3 Å². The monoisotopic (exact) mass is 273 g/mol. The number of ether oxygens (including phenoxy) is 1. The summed E-state index contributed by atoms with van der Waals surface area (Å²) in [5.74, 6) is -0.686. The van der Waals surface area contributed by atoms with Crippen molar-refractivity contribution in [2.75, 3.05) is 13.7 Å². The molecule has 1 aromatic heterocycles. The summed E-state index contributed by atoms with van der Waals surface area (Å²) in [5.41, 5.74) is 0.255. The average Bonchev–Trinajstić information content (AvgIpc) is 2.50. The van der Waals surface area contributed by atoms with Gasteiger partial charge in [0, 0.05) is 6.20 Å². The number of aromatic nitrogens is 1. The highest BCUT2D eigenvalue weighted by Crippen LogP contribution is 2.15. The first-order valence-corrected chi connectivity index (χ1v) is 6.14. The minimum Gasteiger partial charge on any atom is -0.465 e. The van der Waals surface area contributed by atoms with E-state index < -0.39 is 17.6 Å². The summed E-state index contributed by atoms with van der Waals surface area (Å²) in [6.45, 7) is -0.242.